The van der Waals surface area contributed by atoms with Gasteiger partial charge in [-0.25, -0.2) is 4.39 Å². The summed E-state index contributed by atoms with van der Waals surface area (Å²) in [6, 6.07) is 25.4. The Morgan fingerprint density at radius 2 is 1.51 bits per heavy atom. The molecule has 6 heteroatoms. The standard InChI is InChI=1S/C33H21ClFNO3/c34-22-10-6-9-21(17-22)28-29(30(37)19-7-2-1-3-8-19)36-26-15-14-23(35)18-20(26)13-16-27(36)33(28)31(38)24-11-4-5-12-25(24)32(33)39/h1-18,27-29H/t27-,28-,29+/m0/s1. The summed E-state index contributed by atoms with van der Waals surface area (Å²) < 4.78 is 14.3. The van der Waals surface area contributed by atoms with Crippen LogP contribution in [0, 0.1) is 11.2 Å². The number of hydrogen-bond acceptors (Lipinski definition) is 4. The highest BCUT2D eigenvalue weighted by atomic mass is 35.5. The predicted octanol–water partition coefficient (Wildman–Crippen LogP) is 6.80. The van der Waals surface area contributed by atoms with Crippen LogP contribution in [0.5, 0.6) is 0 Å². The molecule has 0 N–H and O–H groups in total. The van der Waals surface area contributed by atoms with Crippen LogP contribution in [-0.4, -0.2) is 29.4 Å². The van der Waals surface area contributed by atoms with E-state index >= 15 is 0 Å². The van der Waals surface area contributed by atoms with Crippen LogP contribution >= 0.6 is 11.6 Å². The monoisotopic (exact) mass is 533 g/mol. The van der Waals surface area contributed by atoms with Crippen LogP contribution in [0.2, 0.25) is 5.02 Å². The third kappa shape index (κ3) is 3.20. The van der Waals surface area contributed by atoms with E-state index in [9.17, 15) is 18.8 Å². The second-order valence-corrected chi connectivity index (χ2v) is 10.6. The number of carbonyl (C=O) groups is 3. The number of nitrogens with zero attached hydrogens (tertiary/aromatic N) is 1. The Morgan fingerprint density at radius 3 is 2.21 bits per heavy atom. The molecule has 1 spiro atoms. The lowest BCUT2D eigenvalue weighted by molar-refractivity contribution is 0.0666. The van der Waals surface area contributed by atoms with Gasteiger partial charge in [0.25, 0.3) is 0 Å². The maximum atomic E-state index is 14.5. The van der Waals surface area contributed by atoms with Gasteiger partial charge in [0.15, 0.2) is 17.3 Å². The van der Waals surface area contributed by atoms with Gasteiger partial charge in [-0.15, -0.1) is 0 Å². The quantitative estimate of drug-likeness (QED) is 0.215. The lowest BCUT2D eigenvalue weighted by Gasteiger charge is -2.37. The fourth-order valence-corrected chi connectivity index (χ4v) is 6.99. The lowest BCUT2D eigenvalue weighted by atomic mass is 9.64. The van der Waals surface area contributed by atoms with Crippen LogP contribution in [-0.2, 0) is 0 Å². The number of fused-ring (bicyclic) bond motifs is 5. The second kappa shape index (κ2) is 8.58. The largest absolute Gasteiger partial charge is 0.352 e. The number of rotatable bonds is 3. The average molecular weight is 534 g/mol. The molecule has 4 nitrogen and oxygen atoms in total. The molecule has 0 bridgehead atoms. The number of carbonyl (C=O) groups excluding carboxylic acids is 3. The first-order valence-electron chi connectivity index (χ1n) is 12.7. The molecule has 3 aliphatic rings. The van der Waals surface area contributed by atoms with Crippen molar-refractivity contribution in [1.82, 2.24) is 0 Å². The Morgan fingerprint density at radius 1 is 0.821 bits per heavy atom. The van der Waals surface area contributed by atoms with Crippen molar-refractivity contribution in [3.8, 4) is 0 Å². The molecule has 0 unspecified atom stereocenters. The summed E-state index contributed by atoms with van der Waals surface area (Å²) >= 11 is 6.45. The first-order chi connectivity index (χ1) is 18.9. The van der Waals surface area contributed by atoms with Gasteiger partial charge in [0.1, 0.15) is 17.3 Å². The van der Waals surface area contributed by atoms with Crippen LogP contribution in [0.3, 0.4) is 0 Å². The zero-order valence-electron chi connectivity index (χ0n) is 20.6. The van der Waals surface area contributed by atoms with Crippen LogP contribution in [0.25, 0.3) is 6.08 Å². The van der Waals surface area contributed by atoms with E-state index < -0.39 is 29.2 Å². The number of anilines is 1. The molecule has 1 saturated heterocycles. The highest BCUT2D eigenvalue weighted by Crippen LogP contribution is 2.61. The summed E-state index contributed by atoms with van der Waals surface area (Å²) in [5.41, 5.74) is 1.33. The van der Waals surface area contributed by atoms with E-state index in [1.807, 2.05) is 17.0 Å². The zero-order valence-corrected chi connectivity index (χ0v) is 21.3. The van der Waals surface area contributed by atoms with Gasteiger partial charge in [-0.3, -0.25) is 14.4 Å². The molecule has 1 fully saturated rings. The van der Waals surface area contributed by atoms with Crippen LogP contribution < -0.4 is 4.90 Å². The molecule has 4 aromatic rings. The van der Waals surface area contributed by atoms with Gasteiger partial charge in [-0.2, -0.15) is 0 Å². The minimum absolute atomic E-state index is 0.232. The molecule has 39 heavy (non-hydrogen) atoms. The molecule has 0 saturated carbocycles. The molecule has 2 heterocycles. The van der Waals surface area contributed by atoms with E-state index in [-0.39, 0.29) is 17.3 Å². The Hall–Kier alpha value is -4.35. The summed E-state index contributed by atoms with van der Waals surface area (Å²) in [6.45, 7) is 0. The highest BCUT2D eigenvalue weighted by molar-refractivity contribution is 6.32. The van der Waals surface area contributed by atoms with Gasteiger partial charge in [0, 0.05) is 38.9 Å². The maximum Gasteiger partial charge on any atom is 0.185 e. The van der Waals surface area contributed by atoms with Crippen LogP contribution in [0.1, 0.15) is 48.1 Å². The molecule has 0 aromatic heterocycles. The Labute approximate surface area is 229 Å². The Kier molecular flexibility index (Phi) is 5.23. The predicted molar refractivity (Wildman–Crippen MR) is 148 cm³/mol. The van der Waals surface area contributed by atoms with Gasteiger partial charge in [0.2, 0.25) is 0 Å². The number of hydrogen-bond donors (Lipinski definition) is 0. The van der Waals surface area contributed by atoms with Crippen LogP contribution in [0.4, 0.5) is 10.1 Å². The van der Waals surface area contributed by atoms with Crippen molar-refractivity contribution in [2.75, 3.05) is 4.90 Å². The van der Waals surface area contributed by atoms with Crippen molar-refractivity contribution in [1.29, 1.82) is 0 Å². The molecule has 190 valence electrons. The number of Topliss-reactive ketones (excluding diaryl/α,β-unsaturated/α-hetero) is 3. The molecule has 2 aliphatic heterocycles. The van der Waals surface area contributed by atoms with Gasteiger partial charge < -0.3 is 4.90 Å². The van der Waals surface area contributed by atoms with E-state index in [0.29, 0.717) is 38.5 Å². The molecule has 1 aliphatic carbocycles. The molecular formula is C33H21ClFNO3. The van der Waals surface area contributed by atoms with Crippen molar-refractivity contribution >= 4 is 40.7 Å². The van der Waals surface area contributed by atoms with Crippen molar-refractivity contribution in [2.24, 2.45) is 5.41 Å². The minimum Gasteiger partial charge on any atom is -0.352 e. The van der Waals surface area contributed by atoms with E-state index in [4.69, 9.17) is 11.6 Å². The zero-order chi connectivity index (χ0) is 26.9. The lowest BCUT2D eigenvalue weighted by Crippen LogP contribution is -2.48. The van der Waals surface area contributed by atoms with Crippen molar-refractivity contribution in [3.63, 3.8) is 0 Å². The average Bonchev–Trinajstić information content (AvgIpc) is 3.39. The first-order valence-corrected chi connectivity index (χ1v) is 13.1. The summed E-state index contributed by atoms with van der Waals surface area (Å²) in [7, 11) is 0. The van der Waals surface area contributed by atoms with Gasteiger partial charge in [-0.05, 0) is 35.9 Å². The van der Waals surface area contributed by atoms with Crippen LogP contribution in [0.15, 0.2) is 103 Å². The molecule has 3 atom stereocenters. The smallest absolute Gasteiger partial charge is 0.185 e. The second-order valence-electron chi connectivity index (χ2n) is 10.2. The molecule has 4 aromatic carbocycles. The van der Waals surface area contributed by atoms with Crippen molar-refractivity contribution < 1.29 is 18.8 Å². The van der Waals surface area contributed by atoms with Gasteiger partial charge >= 0.3 is 0 Å². The fourth-order valence-electron chi connectivity index (χ4n) is 6.79. The van der Waals surface area contributed by atoms with Gasteiger partial charge in [-0.1, -0.05) is 90.5 Å². The molecule has 7 rings (SSSR count). The third-order valence-corrected chi connectivity index (χ3v) is 8.54. The minimum atomic E-state index is -1.62. The number of ketones is 3. The summed E-state index contributed by atoms with van der Waals surface area (Å²) in [5.74, 6) is -2.14. The first kappa shape index (κ1) is 23.7. The molecular weight excluding hydrogens is 513 g/mol. The number of halogens is 2. The van der Waals surface area contributed by atoms with Crippen molar-refractivity contribution in [3.05, 3.63) is 142 Å². The SMILES string of the molecule is O=C(c1ccccc1)[C@H]1[C@H](c2cccc(Cl)c2)C2(C(=O)c3ccccc3C2=O)[C@@H]2C=Cc3cc(F)ccc3N21. The van der Waals surface area contributed by atoms with E-state index in [2.05, 4.69) is 0 Å². The summed E-state index contributed by atoms with van der Waals surface area (Å²) in [6.07, 6.45) is 3.52. The summed E-state index contributed by atoms with van der Waals surface area (Å²) in [4.78, 5) is 45.4. The topological polar surface area (TPSA) is 54.5 Å². The van der Waals surface area contributed by atoms with E-state index in [1.54, 1.807) is 84.9 Å². The maximum absolute atomic E-state index is 14.5. The number of benzene rings is 4. The van der Waals surface area contributed by atoms with E-state index in [0.717, 1.165) is 0 Å². The molecule has 0 amide bonds. The fraction of sp³-hybridized carbons (Fsp3) is 0.121. The highest BCUT2D eigenvalue weighted by Gasteiger charge is 2.71. The van der Waals surface area contributed by atoms with Gasteiger partial charge in [0.05, 0.1) is 6.04 Å². The van der Waals surface area contributed by atoms with E-state index in [1.165, 1.54) is 12.1 Å². The Bertz CT molecular complexity index is 1700. The third-order valence-electron chi connectivity index (χ3n) is 8.30. The normalized spacial score (nSPS) is 22.1. The Balaban J connectivity index is 1.56. The van der Waals surface area contributed by atoms with Crippen molar-refractivity contribution in [2.45, 2.75) is 18.0 Å². The molecule has 0 radical (unpaired) electrons. The summed E-state index contributed by atoms with van der Waals surface area (Å²) in [5, 5.41) is 0.437.